The SMILES string of the molecule is O=C(N/N=C/c1ccc(Cl)cc1Cl)c1ccccc1N(Cc1ccccc1)S(=O)(=O)c1ccccc1. The van der Waals surface area contributed by atoms with Crippen molar-refractivity contribution in [2.75, 3.05) is 4.31 Å². The molecule has 36 heavy (non-hydrogen) atoms. The lowest BCUT2D eigenvalue weighted by Crippen LogP contribution is -2.33. The smallest absolute Gasteiger partial charge is 0.267 e. The number of hydrazone groups is 1. The number of halogens is 2. The molecule has 0 saturated carbocycles. The number of para-hydroxylation sites is 1. The normalized spacial score (nSPS) is 11.4. The summed E-state index contributed by atoms with van der Waals surface area (Å²) in [5, 5.41) is 4.85. The second kappa shape index (κ2) is 11.4. The van der Waals surface area contributed by atoms with Crippen molar-refractivity contribution in [3.63, 3.8) is 0 Å². The lowest BCUT2D eigenvalue weighted by molar-refractivity contribution is 0.0955. The van der Waals surface area contributed by atoms with Gasteiger partial charge in [-0.2, -0.15) is 5.10 Å². The van der Waals surface area contributed by atoms with Crippen LogP contribution >= 0.6 is 23.2 Å². The molecule has 6 nitrogen and oxygen atoms in total. The predicted octanol–water partition coefficient (Wildman–Crippen LogP) is 6.15. The number of amides is 1. The highest BCUT2D eigenvalue weighted by molar-refractivity contribution is 7.92. The van der Waals surface area contributed by atoms with E-state index in [1.54, 1.807) is 60.7 Å². The first-order valence-electron chi connectivity index (χ1n) is 10.9. The van der Waals surface area contributed by atoms with E-state index in [1.165, 1.54) is 22.7 Å². The summed E-state index contributed by atoms with van der Waals surface area (Å²) in [5.41, 5.74) is 4.16. The Balaban J connectivity index is 1.69. The zero-order chi connectivity index (χ0) is 25.5. The number of nitrogens with zero attached hydrogens (tertiary/aromatic N) is 2. The Morgan fingerprint density at radius 3 is 2.19 bits per heavy atom. The van der Waals surface area contributed by atoms with Crippen molar-refractivity contribution in [3.05, 3.63) is 130 Å². The molecule has 0 aliphatic carbocycles. The third-order valence-corrected chi connectivity index (χ3v) is 7.59. The van der Waals surface area contributed by atoms with E-state index in [2.05, 4.69) is 10.5 Å². The maximum atomic E-state index is 13.7. The van der Waals surface area contributed by atoms with E-state index in [1.807, 2.05) is 30.3 Å². The number of nitrogens with one attached hydrogen (secondary N) is 1. The Morgan fingerprint density at radius 2 is 1.50 bits per heavy atom. The molecule has 4 rings (SSSR count). The van der Waals surface area contributed by atoms with Crippen LogP contribution in [-0.4, -0.2) is 20.5 Å². The van der Waals surface area contributed by atoms with Crippen LogP contribution in [0, 0.1) is 0 Å². The van der Waals surface area contributed by atoms with E-state index >= 15 is 0 Å². The third-order valence-electron chi connectivity index (χ3n) is 5.25. The van der Waals surface area contributed by atoms with Crippen LogP contribution < -0.4 is 9.73 Å². The second-order valence-corrected chi connectivity index (χ2v) is 10.4. The Labute approximate surface area is 219 Å². The summed E-state index contributed by atoms with van der Waals surface area (Å²) in [4.78, 5) is 13.2. The number of rotatable bonds is 8. The number of hydrogen-bond donors (Lipinski definition) is 1. The van der Waals surface area contributed by atoms with E-state index in [9.17, 15) is 13.2 Å². The fourth-order valence-electron chi connectivity index (χ4n) is 3.48. The van der Waals surface area contributed by atoms with Crippen molar-refractivity contribution in [2.45, 2.75) is 11.4 Å². The van der Waals surface area contributed by atoms with Crippen LogP contribution in [0.2, 0.25) is 10.0 Å². The summed E-state index contributed by atoms with van der Waals surface area (Å²) in [6.45, 7) is 0.0337. The average molecular weight is 538 g/mol. The molecule has 4 aromatic carbocycles. The summed E-state index contributed by atoms with van der Waals surface area (Å²) in [6, 6.07) is 28.7. The molecule has 0 radical (unpaired) electrons. The molecule has 0 heterocycles. The zero-order valence-electron chi connectivity index (χ0n) is 18.9. The quantitative estimate of drug-likeness (QED) is 0.216. The van der Waals surface area contributed by atoms with Gasteiger partial charge >= 0.3 is 0 Å². The summed E-state index contributed by atoms with van der Waals surface area (Å²) in [5.74, 6) is -0.576. The molecule has 0 saturated heterocycles. The molecule has 182 valence electrons. The number of anilines is 1. The van der Waals surface area contributed by atoms with Crippen molar-refractivity contribution >= 4 is 51.0 Å². The molecule has 0 aliphatic rings. The van der Waals surface area contributed by atoms with Crippen LogP contribution in [0.1, 0.15) is 21.5 Å². The number of carbonyl (C=O) groups is 1. The highest BCUT2D eigenvalue weighted by Gasteiger charge is 2.28. The van der Waals surface area contributed by atoms with Gasteiger partial charge in [-0.15, -0.1) is 0 Å². The molecule has 0 aliphatic heterocycles. The van der Waals surface area contributed by atoms with Crippen LogP contribution in [0.4, 0.5) is 5.69 Å². The largest absolute Gasteiger partial charge is 0.273 e. The fourth-order valence-corrected chi connectivity index (χ4v) is 5.43. The molecule has 0 bridgehead atoms. The molecule has 0 fully saturated rings. The first kappa shape index (κ1) is 25.4. The highest BCUT2D eigenvalue weighted by Crippen LogP contribution is 2.29. The van der Waals surface area contributed by atoms with Gasteiger partial charge in [0.1, 0.15) is 0 Å². The van der Waals surface area contributed by atoms with Gasteiger partial charge in [0.2, 0.25) is 0 Å². The monoisotopic (exact) mass is 537 g/mol. The van der Waals surface area contributed by atoms with Gasteiger partial charge in [0.05, 0.1) is 33.9 Å². The van der Waals surface area contributed by atoms with Crippen molar-refractivity contribution in [2.24, 2.45) is 5.10 Å². The van der Waals surface area contributed by atoms with Gasteiger partial charge in [-0.05, 0) is 42.0 Å². The van der Waals surface area contributed by atoms with Gasteiger partial charge in [0, 0.05) is 10.6 Å². The Hall–Kier alpha value is -3.65. The molecule has 0 atom stereocenters. The molecule has 0 spiro atoms. The zero-order valence-corrected chi connectivity index (χ0v) is 21.2. The molecule has 0 aromatic heterocycles. The topological polar surface area (TPSA) is 78.8 Å². The minimum absolute atomic E-state index is 0.0337. The minimum atomic E-state index is -4.00. The summed E-state index contributed by atoms with van der Waals surface area (Å²) in [7, 11) is -4.00. The maximum Gasteiger partial charge on any atom is 0.273 e. The van der Waals surface area contributed by atoms with Gasteiger partial charge in [-0.3, -0.25) is 9.10 Å². The predicted molar refractivity (Wildman–Crippen MR) is 144 cm³/mol. The lowest BCUT2D eigenvalue weighted by atomic mass is 10.1. The lowest BCUT2D eigenvalue weighted by Gasteiger charge is -2.26. The summed E-state index contributed by atoms with van der Waals surface area (Å²) in [6.07, 6.45) is 1.39. The number of sulfonamides is 1. The summed E-state index contributed by atoms with van der Waals surface area (Å²) < 4.78 is 28.7. The Kier molecular flexibility index (Phi) is 8.05. The summed E-state index contributed by atoms with van der Waals surface area (Å²) >= 11 is 12.1. The average Bonchev–Trinajstić information content (AvgIpc) is 2.89. The maximum absolute atomic E-state index is 13.7. The van der Waals surface area contributed by atoms with Crippen LogP contribution in [0.3, 0.4) is 0 Å². The van der Waals surface area contributed by atoms with E-state index < -0.39 is 15.9 Å². The Bertz CT molecular complexity index is 1500. The van der Waals surface area contributed by atoms with Crippen molar-refractivity contribution < 1.29 is 13.2 Å². The van der Waals surface area contributed by atoms with Crippen LogP contribution in [0.25, 0.3) is 0 Å². The third kappa shape index (κ3) is 5.94. The van der Waals surface area contributed by atoms with E-state index in [4.69, 9.17) is 23.2 Å². The molecule has 9 heteroatoms. The van der Waals surface area contributed by atoms with Gasteiger partial charge in [-0.25, -0.2) is 13.8 Å². The van der Waals surface area contributed by atoms with Gasteiger partial charge in [0.15, 0.2) is 0 Å². The molecule has 1 N–H and O–H groups in total. The molecule has 0 unspecified atom stereocenters. The first-order valence-corrected chi connectivity index (χ1v) is 13.0. The van der Waals surface area contributed by atoms with Crippen LogP contribution in [0.5, 0.6) is 0 Å². The standard InChI is InChI=1S/C27H21Cl2N3O3S/c28-22-16-15-21(25(29)17-22)18-30-31-27(33)24-13-7-8-14-26(24)32(19-20-9-3-1-4-10-20)36(34,35)23-11-5-2-6-12-23/h1-18H,19H2,(H,31,33)/b30-18+. The highest BCUT2D eigenvalue weighted by atomic mass is 35.5. The number of carbonyl (C=O) groups excluding carboxylic acids is 1. The van der Waals surface area contributed by atoms with E-state index in [-0.39, 0.29) is 22.7 Å². The van der Waals surface area contributed by atoms with Gasteiger partial charge in [-0.1, -0.05) is 89.9 Å². The van der Waals surface area contributed by atoms with Crippen molar-refractivity contribution in [1.82, 2.24) is 5.43 Å². The first-order chi connectivity index (χ1) is 17.4. The Morgan fingerprint density at radius 1 is 0.861 bits per heavy atom. The number of benzene rings is 4. The van der Waals surface area contributed by atoms with E-state index in [0.717, 1.165) is 5.56 Å². The molecule has 1 amide bonds. The molecular weight excluding hydrogens is 517 g/mol. The second-order valence-electron chi connectivity index (χ2n) is 7.69. The molecular formula is C27H21Cl2N3O3S. The minimum Gasteiger partial charge on any atom is -0.267 e. The van der Waals surface area contributed by atoms with Crippen molar-refractivity contribution in [3.8, 4) is 0 Å². The molecule has 4 aromatic rings. The number of hydrogen-bond acceptors (Lipinski definition) is 4. The van der Waals surface area contributed by atoms with Gasteiger partial charge in [0.25, 0.3) is 15.9 Å². The van der Waals surface area contributed by atoms with Crippen LogP contribution in [-0.2, 0) is 16.6 Å². The van der Waals surface area contributed by atoms with Gasteiger partial charge < -0.3 is 0 Å². The fraction of sp³-hybridized carbons (Fsp3) is 0.0370. The van der Waals surface area contributed by atoms with Crippen LogP contribution in [0.15, 0.2) is 113 Å². The van der Waals surface area contributed by atoms with Crippen molar-refractivity contribution in [1.29, 1.82) is 0 Å². The van der Waals surface area contributed by atoms with E-state index in [0.29, 0.717) is 15.6 Å².